The predicted octanol–water partition coefficient (Wildman–Crippen LogP) is 3.46. The quantitative estimate of drug-likeness (QED) is 0.882. The molecule has 1 amide bonds. The van der Waals surface area contributed by atoms with Gasteiger partial charge in [-0.25, -0.2) is 4.98 Å². The third-order valence-corrected chi connectivity index (χ3v) is 4.04. The van der Waals surface area contributed by atoms with Crippen LogP contribution in [0.15, 0.2) is 36.5 Å². The number of pyridine rings is 1. The molecule has 0 saturated carbocycles. The molecule has 1 aliphatic carbocycles. The Labute approximate surface area is 126 Å². The van der Waals surface area contributed by atoms with Gasteiger partial charge >= 0.3 is 0 Å². The summed E-state index contributed by atoms with van der Waals surface area (Å²) >= 11 is 11.7. The van der Waals surface area contributed by atoms with Crippen molar-refractivity contribution in [3.63, 3.8) is 0 Å². The van der Waals surface area contributed by atoms with Gasteiger partial charge in [0.15, 0.2) is 0 Å². The standard InChI is InChI=1S/C15H12Cl2N2O/c16-13-8-18-14(17)6-12(13)15(20)19-7-10-5-9-3-1-2-4-11(9)10/h1-4,6,8,10H,5,7H2,(H,19,20). The van der Waals surface area contributed by atoms with Crippen molar-refractivity contribution in [3.05, 3.63) is 63.4 Å². The minimum Gasteiger partial charge on any atom is -0.351 e. The fourth-order valence-corrected chi connectivity index (χ4v) is 2.79. The highest BCUT2D eigenvalue weighted by molar-refractivity contribution is 6.35. The monoisotopic (exact) mass is 306 g/mol. The molecule has 5 heteroatoms. The Balaban J connectivity index is 1.65. The molecule has 1 unspecified atom stereocenters. The SMILES string of the molecule is O=C(NCC1Cc2ccccc21)c1cc(Cl)ncc1Cl. The number of hydrogen-bond acceptors (Lipinski definition) is 2. The van der Waals surface area contributed by atoms with Crippen LogP contribution in [-0.2, 0) is 6.42 Å². The topological polar surface area (TPSA) is 42.0 Å². The molecule has 0 spiro atoms. The first-order valence-corrected chi connectivity index (χ1v) is 7.08. The predicted molar refractivity (Wildman–Crippen MR) is 79.5 cm³/mol. The first-order chi connectivity index (χ1) is 9.65. The normalized spacial score (nSPS) is 16.2. The molecule has 20 heavy (non-hydrogen) atoms. The number of amides is 1. The van der Waals surface area contributed by atoms with Gasteiger partial charge in [-0.1, -0.05) is 47.5 Å². The van der Waals surface area contributed by atoms with Crippen LogP contribution >= 0.6 is 23.2 Å². The first kappa shape index (κ1) is 13.4. The lowest BCUT2D eigenvalue weighted by Gasteiger charge is -2.30. The molecule has 102 valence electrons. The molecule has 1 aromatic carbocycles. The van der Waals surface area contributed by atoms with Gasteiger partial charge in [-0.15, -0.1) is 0 Å². The molecule has 0 saturated heterocycles. The van der Waals surface area contributed by atoms with Gasteiger partial charge in [0.2, 0.25) is 0 Å². The highest BCUT2D eigenvalue weighted by Gasteiger charge is 2.25. The Hall–Kier alpha value is -1.58. The minimum atomic E-state index is -0.219. The molecule has 0 fully saturated rings. The molecular formula is C15H12Cl2N2O. The summed E-state index contributed by atoms with van der Waals surface area (Å²) in [6.45, 7) is 0.603. The minimum absolute atomic E-state index is 0.219. The highest BCUT2D eigenvalue weighted by Crippen LogP contribution is 2.34. The molecule has 1 heterocycles. The number of fused-ring (bicyclic) bond motifs is 1. The van der Waals surface area contributed by atoms with Gasteiger partial charge in [0.25, 0.3) is 5.91 Å². The van der Waals surface area contributed by atoms with Crippen molar-refractivity contribution in [2.45, 2.75) is 12.3 Å². The number of halogens is 2. The van der Waals surface area contributed by atoms with Crippen molar-refractivity contribution < 1.29 is 4.79 Å². The zero-order valence-electron chi connectivity index (χ0n) is 10.6. The van der Waals surface area contributed by atoms with E-state index in [1.807, 2.05) is 12.1 Å². The Morgan fingerprint density at radius 1 is 1.35 bits per heavy atom. The molecular weight excluding hydrogens is 295 g/mol. The van der Waals surface area contributed by atoms with E-state index in [4.69, 9.17) is 23.2 Å². The van der Waals surface area contributed by atoms with E-state index < -0.39 is 0 Å². The highest BCUT2D eigenvalue weighted by atomic mass is 35.5. The van der Waals surface area contributed by atoms with Crippen molar-refractivity contribution in [3.8, 4) is 0 Å². The Bertz CT molecular complexity index is 673. The maximum Gasteiger partial charge on any atom is 0.252 e. The van der Waals surface area contributed by atoms with Crippen LogP contribution in [0, 0.1) is 0 Å². The van der Waals surface area contributed by atoms with Gasteiger partial charge in [0, 0.05) is 18.7 Å². The van der Waals surface area contributed by atoms with Crippen molar-refractivity contribution >= 4 is 29.1 Å². The van der Waals surface area contributed by atoms with Crippen molar-refractivity contribution in [2.24, 2.45) is 0 Å². The van der Waals surface area contributed by atoms with Gasteiger partial charge < -0.3 is 5.32 Å². The third-order valence-electron chi connectivity index (χ3n) is 3.54. The molecule has 3 nitrogen and oxygen atoms in total. The van der Waals surface area contributed by atoms with Gasteiger partial charge in [0.05, 0.1) is 10.6 Å². The largest absolute Gasteiger partial charge is 0.351 e. The molecule has 0 radical (unpaired) electrons. The van der Waals surface area contributed by atoms with E-state index >= 15 is 0 Å². The lowest BCUT2D eigenvalue weighted by molar-refractivity contribution is 0.0950. The maximum absolute atomic E-state index is 12.1. The van der Waals surface area contributed by atoms with E-state index in [2.05, 4.69) is 22.4 Å². The maximum atomic E-state index is 12.1. The van der Waals surface area contributed by atoms with Crippen LogP contribution in [0.25, 0.3) is 0 Å². The number of aromatic nitrogens is 1. The van der Waals surface area contributed by atoms with Crippen LogP contribution in [0.2, 0.25) is 10.2 Å². The van der Waals surface area contributed by atoms with Crippen LogP contribution in [0.1, 0.15) is 27.4 Å². The van der Waals surface area contributed by atoms with E-state index in [-0.39, 0.29) is 11.1 Å². The molecule has 1 aliphatic rings. The van der Waals surface area contributed by atoms with Crippen molar-refractivity contribution in [1.29, 1.82) is 0 Å². The molecule has 0 bridgehead atoms. The number of nitrogens with zero attached hydrogens (tertiary/aromatic N) is 1. The van der Waals surface area contributed by atoms with Crippen LogP contribution in [0.5, 0.6) is 0 Å². The smallest absolute Gasteiger partial charge is 0.252 e. The van der Waals surface area contributed by atoms with Crippen LogP contribution in [0.3, 0.4) is 0 Å². The molecule has 1 atom stereocenters. The summed E-state index contributed by atoms with van der Waals surface area (Å²) in [5.41, 5.74) is 3.03. The molecule has 1 N–H and O–H groups in total. The van der Waals surface area contributed by atoms with Crippen LogP contribution in [-0.4, -0.2) is 17.4 Å². The fourth-order valence-electron chi connectivity index (χ4n) is 2.44. The zero-order chi connectivity index (χ0) is 14.1. The summed E-state index contributed by atoms with van der Waals surface area (Å²) in [6.07, 6.45) is 2.39. The number of carbonyl (C=O) groups is 1. The summed E-state index contributed by atoms with van der Waals surface area (Å²) in [6, 6.07) is 9.76. The molecule has 2 aromatic rings. The van der Waals surface area contributed by atoms with Crippen LogP contribution in [0.4, 0.5) is 0 Å². The Kier molecular flexibility index (Phi) is 3.64. The molecule has 0 aliphatic heterocycles. The number of hydrogen-bond donors (Lipinski definition) is 1. The van der Waals surface area contributed by atoms with E-state index in [1.54, 1.807) is 0 Å². The summed E-state index contributed by atoms with van der Waals surface area (Å²) in [7, 11) is 0. The fraction of sp³-hybridized carbons (Fsp3) is 0.200. The third kappa shape index (κ3) is 2.51. The van der Waals surface area contributed by atoms with E-state index in [0.717, 1.165) is 6.42 Å². The number of benzene rings is 1. The second-order valence-electron chi connectivity index (χ2n) is 4.80. The average molecular weight is 307 g/mol. The van der Waals surface area contributed by atoms with Gasteiger partial charge in [-0.2, -0.15) is 0 Å². The van der Waals surface area contributed by atoms with E-state index in [0.29, 0.717) is 23.0 Å². The van der Waals surface area contributed by atoms with Crippen molar-refractivity contribution in [2.75, 3.05) is 6.54 Å². The lowest BCUT2D eigenvalue weighted by atomic mass is 9.77. The summed E-state index contributed by atoms with van der Waals surface area (Å²) < 4.78 is 0. The molecule has 3 rings (SSSR count). The first-order valence-electron chi connectivity index (χ1n) is 6.32. The Morgan fingerprint density at radius 2 is 2.15 bits per heavy atom. The lowest BCUT2D eigenvalue weighted by Crippen LogP contribution is -2.33. The van der Waals surface area contributed by atoms with E-state index in [9.17, 15) is 4.79 Å². The second kappa shape index (κ2) is 5.43. The average Bonchev–Trinajstić information content (AvgIpc) is 2.42. The molecule has 1 aromatic heterocycles. The van der Waals surface area contributed by atoms with Crippen molar-refractivity contribution in [1.82, 2.24) is 10.3 Å². The Morgan fingerprint density at radius 3 is 2.95 bits per heavy atom. The number of nitrogens with one attached hydrogen (secondary N) is 1. The van der Waals surface area contributed by atoms with Gasteiger partial charge in [0.1, 0.15) is 5.15 Å². The summed E-state index contributed by atoms with van der Waals surface area (Å²) in [5.74, 6) is 0.162. The van der Waals surface area contributed by atoms with Crippen LogP contribution < -0.4 is 5.32 Å². The number of rotatable bonds is 3. The number of carbonyl (C=O) groups excluding carboxylic acids is 1. The summed E-state index contributed by atoms with van der Waals surface area (Å²) in [5, 5.41) is 3.46. The van der Waals surface area contributed by atoms with E-state index in [1.165, 1.54) is 23.4 Å². The van der Waals surface area contributed by atoms with Gasteiger partial charge in [-0.3, -0.25) is 4.79 Å². The second-order valence-corrected chi connectivity index (χ2v) is 5.59. The van der Waals surface area contributed by atoms with Gasteiger partial charge in [-0.05, 0) is 23.6 Å². The summed E-state index contributed by atoms with van der Waals surface area (Å²) in [4.78, 5) is 15.9. The zero-order valence-corrected chi connectivity index (χ0v) is 12.1.